The van der Waals surface area contributed by atoms with Crippen molar-refractivity contribution in [3.63, 3.8) is 0 Å². The number of nitrogens with one attached hydrogen (secondary N) is 2. The third kappa shape index (κ3) is 5.35. The van der Waals surface area contributed by atoms with Crippen molar-refractivity contribution in [1.82, 2.24) is 15.1 Å². The van der Waals surface area contributed by atoms with Crippen molar-refractivity contribution < 1.29 is 14.3 Å². The minimum absolute atomic E-state index is 0.0549. The van der Waals surface area contributed by atoms with Crippen LogP contribution in [0.4, 0.5) is 0 Å². The molecule has 1 atom stereocenters. The van der Waals surface area contributed by atoms with Crippen molar-refractivity contribution in [2.45, 2.75) is 25.3 Å². The fourth-order valence-corrected chi connectivity index (χ4v) is 4.59. The second-order valence-corrected chi connectivity index (χ2v) is 9.03. The summed E-state index contributed by atoms with van der Waals surface area (Å²) in [6.07, 6.45) is 4.96. The first-order valence-corrected chi connectivity index (χ1v) is 12.3. The number of carbonyl (C=O) groups is 2. The molecule has 188 valence electrons. The van der Waals surface area contributed by atoms with E-state index in [0.29, 0.717) is 54.6 Å². The normalized spacial score (nSPS) is 19.2. The van der Waals surface area contributed by atoms with Gasteiger partial charge in [0.05, 0.1) is 17.6 Å². The SMILES string of the molecule is C=CC(=O)N1CCC[C@@H](NC2=C(C(=N)c3ccc(Oc4ccccc4)cc3)C3=NC(=O)CCN3C=N2)C1. The van der Waals surface area contributed by atoms with Crippen LogP contribution in [-0.4, -0.2) is 65.2 Å². The summed E-state index contributed by atoms with van der Waals surface area (Å²) in [7, 11) is 0. The third-order valence-electron chi connectivity index (χ3n) is 6.48. The molecule has 5 rings (SSSR count). The van der Waals surface area contributed by atoms with Gasteiger partial charge in [-0.25, -0.2) is 4.99 Å². The molecule has 0 unspecified atom stereocenters. The van der Waals surface area contributed by atoms with Crippen LogP contribution in [0.25, 0.3) is 0 Å². The number of rotatable bonds is 7. The monoisotopic (exact) mass is 496 g/mol. The summed E-state index contributed by atoms with van der Waals surface area (Å²) in [5.41, 5.74) is 1.29. The highest BCUT2D eigenvalue weighted by Gasteiger charge is 2.32. The predicted molar refractivity (Wildman–Crippen MR) is 142 cm³/mol. The van der Waals surface area contributed by atoms with Gasteiger partial charge in [0.25, 0.3) is 0 Å². The van der Waals surface area contributed by atoms with Crippen molar-refractivity contribution in [2.24, 2.45) is 9.98 Å². The number of likely N-dealkylation sites (tertiary alicyclic amines) is 1. The van der Waals surface area contributed by atoms with Crippen molar-refractivity contribution >= 4 is 29.7 Å². The van der Waals surface area contributed by atoms with E-state index >= 15 is 0 Å². The van der Waals surface area contributed by atoms with Crippen LogP contribution < -0.4 is 10.1 Å². The Balaban J connectivity index is 1.44. The van der Waals surface area contributed by atoms with E-state index in [0.717, 1.165) is 18.6 Å². The number of nitrogens with zero attached hydrogens (tertiary/aromatic N) is 4. The predicted octanol–water partition coefficient (Wildman–Crippen LogP) is 3.50. The molecule has 0 aromatic heterocycles. The Morgan fingerprint density at radius 2 is 1.86 bits per heavy atom. The number of hydrogen-bond donors (Lipinski definition) is 2. The van der Waals surface area contributed by atoms with Gasteiger partial charge in [-0.15, -0.1) is 0 Å². The number of amidine groups is 1. The number of amides is 2. The van der Waals surface area contributed by atoms with Gasteiger partial charge in [0, 0.05) is 37.7 Å². The van der Waals surface area contributed by atoms with E-state index in [-0.39, 0.29) is 23.6 Å². The largest absolute Gasteiger partial charge is 0.457 e. The highest BCUT2D eigenvalue weighted by atomic mass is 16.5. The Morgan fingerprint density at radius 1 is 1.11 bits per heavy atom. The zero-order chi connectivity index (χ0) is 25.8. The first-order chi connectivity index (χ1) is 18.0. The maximum Gasteiger partial charge on any atom is 0.249 e. The molecule has 0 spiro atoms. The number of benzene rings is 2. The number of piperidine rings is 1. The molecule has 0 radical (unpaired) electrons. The molecule has 0 bridgehead atoms. The molecule has 2 aromatic rings. The van der Waals surface area contributed by atoms with Gasteiger partial charge in [0.2, 0.25) is 11.8 Å². The lowest BCUT2D eigenvalue weighted by Gasteiger charge is -2.35. The highest BCUT2D eigenvalue weighted by molar-refractivity contribution is 6.32. The zero-order valence-corrected chi connectivity index (χ0v) is 20.4. The Labute approximate surface area is 215 Å². The van der Waals surface area contributed by atoms with E-state index in [1.807, 2.05) is 54.6 Å². The highest BCUT2D eigenvalue weighted by Crippen LogP contribution is 2.26. The summed E-state index contributed by atoms with van der Waals surface area (Å²) in [6, 6.07) is 16.7. The van der Waals surface area contributed by atoms with E-state index in [4.69, 9.17) is 10.1 Å². The molecule has 1 fully saturated rings. The molecule has 3 aliphatic rings. The van der Waals surface area contributed by atoms with Crippen molar-refractivity contribution in [3.8, 4) is 11.5 Å². The average Bonchev–Trinajstić information content (AvgIpc) is 2.93. The van der Waals surface area contributed by atoms with Gasteiger partial charge in [-0.05, 0) is 55.3 Å². The van der Waals surface area contributed by atoms with Gasteiger partial charge < -0.3 is 19.9 Å². The molecular weight excluding hydrogens is 468 g/mol. The summed E-state index contributed by atoms with van der Waals surface area (Å²) < 4.78 is 5.88. The fraction of sp³-hybridized carbons (Fsp3) is 0.250. The molecule has 3 aliphatic heterocycles. The molecule has 2 aromatic carbocycles. The number of fused-ring (bicyclic) bond motifs is 1. The molecule has 2 amide bonds. The van der Waals surface area contributed by atoms with Crippen LogP contribution >= 0.6 is 0 Å². The molecular formula is C28H28N6O3. The number of carbonyl (C=O) groups excluding carboxylic acids is 2. The second-order valence-electron chi connectivity index (χ2n) is 9.03. The van der Waals surface area contributed by atoms with Crippen molar-refractivity contribution in [2.75, 3.05) is 19.6 Å². The topological polar surface area (TPSA) is 110 Å². The molecule has 1 saturated heterocycles. The third-order valence-corrected chi connectivity index (χ3v) is 6.48. The maximum absolute atomic E-state index is 12.2. The molecule has 9 heteroatoms. The summed E-state index contributed by atoms with van der Waals surface area (Å²) in [5.74, 6) is 1.93. The van der Waals surface area contributed by atoms with Crippen LogP contribution in [0.3, 0.4) is 0 Å². The molecule has 9 nitrogen and oxygen atoms in total. The van der Waals surface area contributed by atoms with Gasteiger partial charge in [-0.1, -0.05) is 24.8 Å². The van der Waals surface area contributed by atoms with Crippen molar-refractivity contribution in [1.29, 1.82) is 5.41 Å². The Bertz CT molecular complexity index is 1310. The lowest BCUT2D eigenvalue weighted by atomic mass is 9.98. The van der Waals surface area contributed by atoms with Crippen LogP contribution in [-0.2, 0) is 9.59 Å². The minimum atomic E-state index is -0.224. The number of para-hydroxylation sites is 1. The Hall–Kier alpha value is -4.53. The van der Waals surface area contributed by atoms with Gasteiger partial charge in [0.15, 0.2) is 5.84 Å². The van der Waals surface area contributed by atoms with Crippen LogP contribution in [0.1, 0.15) is 24.8 Å². The van der Waals surface area contributed by atoms with Gasteiger partial charge in [-0.2, -0.15) is 4.99 Å². The Kier molecular flexibility index (Phi) is 6.93. The van der Waals surface area contributed by atoms with Crippen LogP contribution in [0.15, 0.2) is 88.6 Å². The number of ether oxygens (including phenoxy) is 1. The quantitative estimate of drug-likeness (QED) is 0.450. The summed E-state index contributed by atoms with van der Waals surface area (Å²) in [5, 5.41) is 12.5. The molecule has 0 aliphatic carbocycles. The first-order valence-electron chi connectivity index (χ1n) is 12.3. The van der Waals surface area contributed by atoms with Crippen LogP contribution in [0.5, 0.6) is 11.5 Å². The van der Waals surface area contributed by atoms with E-state index in [2.05, 4.69) is 21.9 Å². The van der Waals surface area contributed by atoms with Crippen LogP contribution in [0, 0.1) is 5.41 Å². The second kappa shape index (κ2) is 10.6. The number of hydrogen-bond acceptors (Lipinski definition) is 7. The van der Waals surface area contributed by atoms with Gasteiger partial charge >= 0.3 is 0 Å². The van der Waals surface area contributed by atoms with E-state index in [9.17, 15) is 9.59 Å². The van der Waals surface area contributed by atoms with E-state index in [1.54, 1.807) is 16.1 Å². The lowest BCUT2D eigenvalue weighted by Crippen LogP contribution is -2.49. The van der Waals surface area contributed by atoms with Gasteiger partial charge in [-0.3, -0.25) is 15.0 Å². The van der Waals surface area contributed by atoms with Gasteiger partial charge in [0.1, 0.15) is 17.3 Å². The molecule has 37 heavy (non-hydrogen) atoms. The zero-order valence-electron chi connectivity index (χ0n) is 20.4. The standard InChI is InChI=1S/C28H28N6O3/c1-2-24(36)33-15-6-7-20(17-33)31-27-25(28-32-23(35)14-16-34(28)18-30-27)26(29)19-10-12-22(13-11-19)37-21-8-4-3-5-9-21/h2-5,8-13,18,20,29,31H,1,6-7,14-17H2/t20-/m1/s1. The first kappa shape index (κ1) is 24.2. The molecule has 2 N–H and O–H groups in total. The Morgan fingerprint density at radius 3 is 2.62 bits per heavy atom. The summed E-state index contributed by atoms with van der Waals surface area (Å²) in [4.78, 5) is 36.9. The minimum Gasteiger partial charge on any atom is -0.457 e. The summed E-state index contributed by atoms with van der Waals surface area (Å²) in [6.45, 7) is 5.24. The lowest BCUT2D eigenvalue weighted by molar-refractivity contribution is -0.127. The van der Waals surface area contributed by atoms with Crippen molar-refractivity contribution in [3.05, 3.63) is 84.2 Å². The number of aliphatic imine (C=N–C) groups is 2. The van der Waals surface area contributed by atoms with E-state index in [1.165, 1.54) is 6.08 Å². The molecule has 0 saturated carbocycles. The fourth-order valence-electron chi connectivity index (χ4n) is 4.59. The summed E-state index contributed by atoms with van der Waals surface area (Å²) >= 11 is 0. The molecule has 3 heterocycles. The maximum atomic E-state index is 12.2. The van der Waals surface area contributed by atoms with Crippen LogP contribution in [0.2, 0.25) is 0 Å². The average molecular weight is 497 g/mol. The van der Waals surface area contributed by atoms with E-state index < -0.39 is 0 Å². The smallest absolute Gasteiger partial charge is 0.249 e.